The fourth-order valence-electron chi connectivity index (χ4n) is 2.66. The summed E-state index contributed by atoms with van der Waals surface area (Å²) in [4.78, 5) is 6.54. The maximum Gasteiger partial charge on any atom is 0.152 e. The van der Waals surface area contributed by atoms with Crippen LogP contribution in [0.5, 0.6) is 11.5 Å². The molecule has 0 saturated carbocycles. The topological polar surface area (TPSA) is 25.4 Å². The van der Waals surface area contributed by atoms with E-state index in [2.05, 4.69) is 51.1 Å². The van der Waals surface area contributed by atoms with Crippen molar-refractivity contribution in [1.29, 1.82) is 0 Å². The Balaban J connectivity index is 1.81. The van der Waals surface area contributed by atoms with Crippen LogP contribution in [0.2, 0.25) is 0 Å². The number of hydrogen-bond donors (Lipinski definition) is 0. The Bertz CT molecular complexity index is 849. The second kappa shape index (κ2) is 5.14. The zero-order chi connectivity index (χ0) is 15.1. The van der Waals surface area contributed by atoms with Crippen molar-refractivity contribution in [3.8, 4) is 22.8 Å². The predicted molar refractivity (Wildman–Crippen MR) is 92.0 cm³/mol. The molecule has 108 valence electrons. The lowest BCUT2D eigenvalue weighted by molar-refractivity contribution is 0.475. The molecule has 0 aliphatic carbocycles. The van der Waals surface area contributed by atoms with E-state index in [1.165, 1.54) is 0 Å². The van der Waals surface area contributed by atoms with E-state index in [9.17, 15) is 0 Å². The van der Waals surface area contributed by atoms with Gasteiger partial charge in [-0.05, 0) is 42.5 Å². The monoisotopic (exact) mass is 352 g/mol. The third-order valence-corrected chi connectivity index (χ3v) is 4.28. The number of fused-ring (bicyclic) bond motifs is 2. The highest BCUT2D eigenvalue weighted by atomic mass is 79.9. The second-order valence-electron chi connectivity index (χ2n) is 5.17. The van der Waals surface area contributed by atoms with Crippen LogP contribution in [0.4, 0.5) is 11.4 Å². The molecule has 4 heteroatoms. The molecule has 3 nitrogen and oxygen atoms in total. The van der Waals surface area contributed by atoms with E-state index in [0.717, 1.165) is 38.6 Å². The Kier molecular flexibility index (Phi) is 3.12. The first-order valence-corrected chi connectivity index (χ1v) is 7.78. The maximum atomic E-state index is 6.09. The number of anilines is 2. The number of benzene rings is 2. The molecule has 0 atom stereocenters. The molecule has 1 aliphatic rings. The molecule has 0 bridgehead atoms. The van der Waals surface area contributed by atoms with Gasteiger partial charge in [-0.15, -0.1) is 0 Å². The molecule has 1 aliphatic heterocycles. The molecule has 2 heterocycles. The SMILES string of the molecule is CN1c2ccc(Br)cc2Oc2cc(-c3ccccn3)ccc21. The first-order valence-electron chi connectivity index (χ1n) is 6.99. The van der Waals surface area contributed by atoms with E-state index in [-0.39, 0.29) is 0 Å². The van der Waals surface area contributed by atoms with Crippen LogP contribution >= 0.6 is 15.9 Å². The van der Waals surface area contributed by atoms with Gasteiger partial charge in [-0.3, -0.25) is 4.98 Å². The Morgan fingerprint density at radius 1 is 0.955 bits per heavy atom. The van der Waals surface area contributed by atoms with Gasteiger partial charge in [0.2, 0.25) is 0 Å². The van der Waals surface area contributed by atoms with Gasteiger partial charge >= 0.3 is 0 Å². The highest BCUT2D eigenvalue weighted by molar-refractivity contribution is 9.10. The van der Waals surface area contributed by atoms with Crippen molar-refractivity contribution < 1.29 is 4.74 Å². The summed E-state index contributed by atoms with van der Waals surface area (Å²) in [5.74, 6) is 1.69. The summed E-state index contributed by atoms with van der Waals surface area (Å²) in [5, 5.41) is 0. The molecule has 1 aromatic heterocycles. The molecule has 0 saturated heterocycles. The van der Waals surface area contributed by atoms with Crippen molar-refractivity contribution in [2.45, 2.75) is 0 Å². The van der Waals surface area contributed by atoms with Crippen molar-refractivity contribution in [3.63, 3.8) is 0 Å². The molecule has 0 amide bonds. The van der Waals surface area contributed by atoms with Gasteiger partial charge in [0.15, 0.2) is 11.5 Å². The van der Waals surface area contributed by atoms with Gasteiger partial charge in [-0.1, -0.05) is 28.1 Å². The molecule has 0 N–H and O–H groups in total. The van der Waals surface area contributed by atoms with Crippen LogP contribution in [-0.4, -0.2) is 12.0 Å². The van der Waals surface area contributed by atoms with Gasteiger partial charge in [0, 0.05) is 23.3 Å². The van der Waals surface area contributed by atoms with Gasteiger partial charge in [-0.25, -0.2) is 0 Å². The lowest BCUT2D eigenvalue weighted by Crippen LogP contribution is -2.15. The van der Waals surface area contributed by atoms with Crippen molar-refractivity contribution in [2.75, 3.05) is 11.9 Å². The number of pyridine rings is 1. The summed E-state index contributed by atoms with van der Waals surface area (Å²) >= 11 is 3.49. The summed E-state index contributed by atoms with van der Waals surface area (Å²) in [5.41, 5.74) is 4.10. The average Bonchev–Trinajstić information content (AvgIpc) is 2.55. The van der Waals surface area contributed by atoms with E-state index in [0.29, 0.717) is 0 Å². The molecule has 2 aromatic carbocycles. The molecule has 0 radical (unpaired) electrons. The van der Waals surface area contributed by atoms with Crippen molar-refractivity contribution in [3.05, 3.63) is 65.3 Å². The Morgan fingerprint density at radius 2 is 1.73 bits per heavy atom. The van der Waals surface area contributed by atoms with Gasteiger partial charge in [0.1, 0.15) is 0 Å². The van der Waals surface area contributed by atoms with Crippen LogP contribution in [0, 0.1) is 0 Å². The quantitative estimate of drug-likeness (QED) is 0.587. The standard InChI is InChI=1S/C18H13BrN2O/c1-21-15-7-5-12(14-4-2-3-9-20-14)10-17(15)22-18-11-13(19)6-8-16(18)21/h2-11H,1H3. The van der Waals surface area contributed by atoms with Gasteiger partial charge < -0.3 is 9.64 Å². The normalized spacial score (nSPS) is 12.4. The Morgan fingerprint density at radius 3 is 2.50 bits per heavy atom. The van der Waals surface area contributed by atoms with E-state index in [4.69, 9.17) is 4.74 Å². The molecular weight excluding hydrogens is 340 g/mol. The minimum Gasteiger partial charge on any atom is -0.453 e. The zero-order valence-corrected chi connectivity index (χ0v) is 13.5. The van der Waals surface area contributed by atoms with E-state index >= 15 is 0 Å². The number of rotatable bonds is 1. The summed E-state index contributed by atoms with van der Waals surface area (Å²) in [7, 11) is 2.05. The van der Waals surface area contributed by atoms with Crippen molar-refractivity contribution >= 4 is 27.3 Å². The lowest BCUT2D eigenvalue weighted by atomic mass is 10.1. The summed E-state index contributed by atoms with van der Waals surface area (Å²) in [6.45, 7) is 0. The van der Waals surface area contributed by atoms with Crippen LogP contribution < -0.4 is 9.64 Å². The highest BCUT2D eigenvalue weighted by Crippen LogP contribution is 2.47. The second-order valence-corrected chi connectivity index (χ2v) is 6.09. The third kappa shape index (κ3) is 2.16. The third-order valence-electron chi connectivity index (χ3n) is 3.78. The average molecular weight is 353 g/mol. The molecule has 3 aromatic rings. The number of halogens is 1. The summed E-state index contributed by atoms with van der Waals surface area (Å²) in [6.07, 6.45) is 1.80. The summed E-state index contributed by atoms with van der Waals surface area (Å²) in [6, 6.07) is 18.1. The number of ether oxygens (including phenoxy) is 1. The molecule has 22 heavy (non-hydrogen) atoms. The fourth-order valence-corrected chi connectivity index (χ4v) is 3.00. The molecule has 0 fully saturated rings. The fraction of sp³-hybridized carbons (Fsp3) is 0.0556. The molecule has 4 rings (SSSR count). The highest BCUT2D eigenvalue weighted by Gasteiger charge is 2.22. The number of aromatic nitrogens is 1. The Labute approximate surface area is 137 Å². The minimum atomic E-state index is 0.844. The largest absolute Gasteiger partial charge is 0.453 e. The van der Waals surface area contributed by atoms with Crippen LogP contribution in [0.15, 0.2) is 65.3 Å². The smallest absolute Gasteiger partial charge is 0.152 e. The first-order chi connectivity index (χ1) is 10.7. The van der Waals surface area contributed by atoms with Crippen molar-refractivity contribution in [1.82, 2.24) is 4.98 Å². The van der Waals surface area contributed by atoms with Gasteiger partial charge in [0.05, 0.1) is 17.1 Å². The maximum absolute atomic E-state index is 6.09. The zero-order valence-electron chi connectivity index (χ0n) is 12.0. The predicted octanol–water partition coefficient (Wildman–Crippen LogP) is 5.38. The van der Waals surface area contributed by atoms with E-state index in [1.54, 1.807) is 6.20 Å². The first kappa shape index (κ1) is 13.3. The summed E-state index contributed by atoms with van der Waals surface area (Å²) < 4.78 is 7.10. The number of nitrogens with zero attached hydrogens (tertiary/aromatic N) is 2. The van der Waals surface area contributed by atoms with E-state index in [1.807, 2.05) is 36.4 Å². The lowest BCUT2D eigenvalue weighted by Gasteiger charge is -2.30. The molecule has 0 unspecified atom stereocenters. The number of hydrogen-bond acceptors (Lipinski definition) is 3. The Hall–Kier alpha value is -2.33. The minimum absolute atomic E-state index is 0.844. The molecular formula is C18H13BrN2O. The van der Waals surface area contributed by atoms with Crippen molar-refractivity contribution in [2.24, 2.45) is 0 Å². The van der Waals surface area contributed by atoms with Gasteiger partial charge in [0.25, 0.3) is 0 Å². The van der Waals surface area contributed by atoms with Crippen LogP contribution in [-0.2, 0) is 0 Å². The van der Waals surface area contributed by atoms with Gasteiger partial charge in [-0.2, -0.15) is 0 Å². The molecule has 0 spiro atoms. The van der Waals surface area contributed by atoms with Crippen LogP contribution in [0.1, 0.15) is 0 Å². The van der Waals surface area contributed by atoms with Crippen LogP contribution in [0.3, 0.4) is 0 Å². The van der Waals surface area contributed by atoms with E-state index < -0.39 is 0 Å². The van der Waals surface area contributed by atoms with Crippen LogP contribution in [0.25, 0.3) is 11.3 Å².